The minimum Gasteiger partial charge on any atom is -0.495 e. The predicted molar refractivity (Wildman–Crippen MR) is 131 cm³/mol. The number of hydrogen-bond acceptors (Lipinski definition) is 5. The summed E-state index contributed by atoms with van der Waals surface area (Å²) < 4.78 is 20.0. The van der Waals surface area contributed by atoms with Crippen LogP contribution in [0.2, 0.25) is 0 Å². The monoisotopic (exact) mass is 458 g/mol. The van der Waals surface area contributed by atoms with E-state index >= 15 is 0 Å². The number of hydrazone groups is 1. The first kappa shape index (κ1) is 24.0. The number of amides is 2. The Morgan fingerprint density at radius 3 is 2.35 bits per heavy atom. The molecule has 7 nitrogen and oxygen atoms in total. The van der Waals surface area contributed by atoms with E-state index in [-0.39, 0.29) is 22.6 Å². The number of benzene rings is 3. The molecule has 0 aromatic heterocycles. The van der Waals surface area contributed by atoms with Crippen molar-refractivity contribution in [3.05, 3.63) is 88.7 Å². The van der Waals surface area contributed by atoms with Crippen molar-refractivity contribution in [3.63, 3.8) is 0 Å². The van der Waals surface area contributed by atoms with Crippen LogP contribution in [0.25, 0.3) is 0 Å². The lowest BCUT2D eigenvalue weighted by Crippen LogP contribution is -2.20. The zero-order chi connectivity index (χ0) is 24.7. The minimum absolute atomic E-state index is 0.116. The highest BCUT2D eigenvalue weighted by Crippen LogP contribution is 2.30. The number of carbonyl (C=O) groups is 2. The molecule has 3 aromatic rings. The molecule has 0 heterocycles. The zero-order valence-corrected chi connectivity index (χ0v) is 18.9. The van der Waals surface area contributed by atoms with Crippen molar-refractivity contribution in [1.82, 2.24) is 5.01 Å². The van der Waals surface area contributed by atoms with E-state index in [0.717, 1.165) is 0 Å². The summed E-state index contributed by atoms with van der Waals surface area (Å²) in [4.78, 5) is 25.8. The van der Waals surface area contributed by atoms with Crippen molar-refractivity contribution in [2.45, 2.75) is 0 Å². The van der Waals surface area contributed by atoms with E-state index in [9.17, 15) is 14.0 Å². The number of para-hydroxylation sites is 1. The van der Waals surface area contributed by atoms with E-state index in [1.54, 1.807) is 61.6 Å². The maximum atomic E-state index is 14.7. The first-order valence-corrected chi connectivity index (χ1v) is 10.2. The van der Waals surface area contributed by atoms with Gasteiger partial charge in [0.1, 0.15) is 11.6 Å². The van der Waals surface area contributed by atoms with Crippen molar-refractivity contribution in [1.29, 1.82) is 0 Å². The molecule has 0 aliphatic carbocycles. The number of ether oxygens (including phenoxy) is 1. The number of halogens is 1. The van der Waals surface area contributed by atoms with Crippen LogP contribution in [0, 0.1) is 18.2 Å². The van der Waals surface area contributed by atoms with Crippen LogP contribution in [-0.2, 0) is 0 Å². The van der Waals surface area contributed by atoms with Gasteiger partial charge in [-0.15, -0.1) is 6.42 Å². The summed E-state index contributed by atoms with van der Waals surface area (Å²) in [5, 5.41) is 11.0. The van der Waals surface area contributed by atoms with E-state index in [0.29, 0.717) is 16.8 Å². The van der Waals surface area contributed by atoms with Gasteiger partial charge in [-0.25, -0.2) is 4.39 Å². The Hall–Kier alpha value is -4.64. The Morgan fingerprint density at radius 2 is 1.74 bits per heavy atom. The highest BCUT2D eigenvalue weighted by Gasteiger charge is 2.20. The van der Waals surface area contributed by atoms with Crippen molar-refractivity contribution in [3.8, 4) is 18.1 Å². The summed E-state index contributed by atoms with van der Waals surface area (Å²) in [6, 6.07) is 15.6. The van der Waals surface area contributed by atoms with Gasteiger partial charge >= 0.3 is 0 Å². The van der Waals surface area contributed by atoms with Crippen molar-refractivity contribution >= 4 is 29.4 Å². The Labute approximate surface area is 197 Å². The van der Waals surface area contributed by atoms with Crippen molar-refractivity contribution < 1.29 is 18.7 Å². The van der Waals surface area contributed by atoms with Crippen LogP contribution in [0.5, 0.6) is 5.75 Å². The lowest BCUT2D eigenvalue weighted by Gasteiger charge is -2.15. The second kappa shape index (κ2) is 10.8. The number of terminal acetylenes is 1. The van der Waals surface area contributed by atoms with Gasteiger partial charge in [0, 0.05) is 25.3 Å². The molecule has 172 valence electrons. The lowest BCUT2D eigenvalue weighted by atomic mass is 10.1. The molecule has 0 atom stereocenters. The molecule has 34 heavy (non-hydrogen) atoms. The van der Waals surface area contributed by atoms with Crippen molar-refractivity contribution in [2.24, 2.45) is 5.10 Å². The normalized spacial score (nSPS) is 10.4. The Kier molecular flexibility index (Phi) is 7.62. The van der Waals surface area contributed by atoms with Crippen LogP contribution in [0.15, 0.2) is 65.8 Å². The molecule has 0 fully saturated rings. The van der Waals surface area contributed by atoms with E-state index in [4.69, 9.17) is 11.2 Å². The number of rotatable bonds is 7. The van der Waals surface area contributed by atoms with Crippen LogP contribution < -0.4 is 15.4 Å². The number of carbonyl (C=O) groups excluding carboxylic acids is 2. The van der Waals surface area contributed by atoms with Gasteiger partial charge in [0.25, 0.3) is 11.8 Å². The summed E-state index contributed by atoms with van der Waals surface area (Å²) in [5.41, 5.74) is 1.76. The fourth-order valence-electron chi connectivity index (χ4n) is 3.03. The maximum absolute atomic E-state index is 14.7. The SMILES string of the molecule is C#Cc1ccc(NC(=O)c2cccc(OC)c2NC(=O)c2ccc(C=NN(C)C)cc2F)cc1. The maximum Gasteiger partial charge on any atom is 0.258 e. The van der Waals surface area contributed by atoms with Gasteiger partial charge in [-0.05, 0) is 54.1 Å². The van der Waals surface area contributed by atoms with Gasteiger partial charge in [-0.3, -0.25) is 9.59 Å². The molecule has 0 radical (unpaired) electrons. The minimum atomic E-state index is -0.731. The molecule has 0 bridgehead atoms. The Bertz CT molecular complexity index is 1280. The van der Waals surface area contributed by atoms with Crippen LogP contribution in [-0.4, -0.2) is 44.2 Å². The molecule has 2 N–H and O–H groups in total. The first-order valence-electron chi connectivity index (χ1n) is 10.2. The third-order valence-corrected chi connectivity index (χ3v) is 4.71. The third kappa shape index (κ3) is 5.78. The summed E-state index contributed by atoms with van der Waals surface area (Å²) in [5.74, 6) is 0.807. The van der Waals surface area contributed by atoms with Gasteiger partial charge in [0.15, 0.2) is 0 Å². The molecule has 0 aliphatic heterocycles. The molecular formula is C26H23FN4O3. The Balaban J connectivity index is 1.87. The predicted octanol–water partition coefficient (Wildman–Crippen LogP) is 4.22. The highest BCUT2D eigenvalue weighted by atomic mass is 19.1. The number of nitrogens with one attached hydrogen (secondary N) is 2. The molecule has 0 saturated carbocycles. The highest BCUT2D eigenvalue weighted by molar-refractivity contribution is 6.13. The van der Waals surface area contributed by atoms with Crippen LogP contribution in [0.1, 0.15) is 31.8 Å². The van der Waals surface area contributed by atoms with Gasteiger partial charge in [-0.2, -0.15) is 5.10 Å². The molecule has 3 aromatic carbocycles. The second-order valence-electron chi connectivity index (χ2n) is 7.34. The lowest BCUT2D eigenvalue weighted by molar-refractivity contribution is 0.102. The van der Waals surface area contributed by atoms with Crippen LogP contribution in [0.4, 0.5) is 15.8 Å². The van der Waals surface area contributed by atoms with Gasteiger partial charge in [0.2, 0.25) is 0 Å². The van der Waals surface area contributed by atoms with Crippen LogP contribution in [0.3, 0.4) is 0 Å². The standard InChI is InChI=1S/C26H23FN4O3/c1-5-17-9-12-19(13-10-17)29-26(33)21-7-6-8-23(34-4)24(21)30-25(32)20-14-11-18(15-22(20)27)16-28-31(2)3/h1,6-16H,2-4H3,(H,29,33)(H,30,32). The number of methoxy groups -OCH3 is 1. The molecule has 0 spiro atoms. The number of nitrogens with zero attached hydrogens (tertiary/aromatic N) is 2. The molecular weight excluding hydrogens is 435 g/mol. The van der Waals surface area contributed by atoms with E-state index < -0.39 is 17.6 Å². The fraction of sp³-hybridized carbons (Fsp3) is 0.115. The largest absolute Gasteiger partial charge is 0.495 e. The zero-order valence-electron chi connectivity index (χ0n) is 18.9. The summed E-state index contributed by atoms with van der Waals surface area (Å²) >= 11 is 0. The summed E-state index contributed by atoms with van der Waals surface area (Å²) in [6.45, 7) is 0. The third-order valence-electron chi connectivity index (χ3n) is 4.71. The topological polar surface area (TPSA) is 83.0 Å². The molecule has 0 saturated heterocycles. The van der Waals surface area contributed by atoms with E-state index in [1.165, 1.54) is 31.5 Å². The molecule has 8 heteroatoms. The molecule has 2 amide bonds. The number of hydrogen-bond donors (Lipinski definition) is 2. The average Bonchev–Trinajstić information content (AvgIpc) is 2.83. The molecule has 0 aliphatic rings. The second-order valence-corrected chi connectivity index (χ2v) is 7.34. The van der Waals surface area contributed by atoms with Crippen LogP contribution >= 0.6 is 0 Å². The number of anilines is 2. The smallest absolute Gasteiger partial charge is 0.258 e. The van der Waals surface area contributed by atoms with E-state index in [1.807, 2.05) is 0 Å². The molecule has 0 unspecified atom stereocenters. The first-order chi connectivity index (χ1) is 16.3. The summed E-state index contributed by atoms with van der Waals surface area (Å²) in [7, 11) is 4.88. The average molecular weight is 458 g/mol. The fourth-order valence-corrected chi connectivity index (χ4v) is 3.03. The quantitative estimate of drug-likeness (QED) is 0.316. The molecule has 3 rings (SSSR count). The Morgan fingerprint density at radius 1 is 1.03 bits per heavy atom. The van der Waals surface area contributed by atoms with Gasteiger partial charge < -0.3 is 20.4 Å². The van der Waals surface area contributed by atoms with Crippen molar-refractivity contribution in [2.75, 3.05) is 31.8 Å². The van der Waals surface area contributed by atoms with Gasteiger partial charge in [0.05, 0.1) is 30.1 Å². The van der Waals surface area contributed by atoms with E-state index in [2.05, 4.69) is 21.7 Å². The van der Waals surface area contributed by atoms with Gasteiger partial charge in [-0.1, -0.05) is 18.1 Å². The summed E-state index contributed by atoms with van der Waals surface area (Å²) in [6.07, 6.45) is 6.83.